The van der Waals surface area contributed by atoms with E-state index in [4.69, 9.17) is 0 Å². The zero-order chi connectivity index (χ0) is 15.8. The number of aryl methyl sites for hydroxylation is 2. The van der Waals surface area contributed by atoms with E-state index in [1.54, 1.807) is 0 Å². The zero-order valence-corrected chi connectivity index (χ0v) is 13.7. The minimum Gasteiger partial charge on any atom is -0.0622 e. The van der Waals surface area contributed by atoms with Gasteiger partial charge in [0, 0.05) is 0 Å². The fourth-order valence-corrected chi connectivity index (χ4v) is 2.46. The van der Waals surface area contributed by atoms with E-state index in [1.807, 2.05) is 12.1 Å². The third kappa shape index (κ3) is 4.33. The van der Waals surface area contributed by atoms with Crippen molar-refractivity contribution in [2.24, 2.45) is 0 Å². The molecule has 0 aliphatic rings. The van der Waals surface area contributed by atoms with Crippen LogP contribution in [0.1, 0.15) is 23.6 Å². The van der Waals surface area contributed by atoms with E-state index in [0.29, 0.717) is 0 Å². The van der Waals surface area contributed by atoms with Crippen LogP contribution in [0.15, 0.2) is 78.9 Å². The van der Waals surface area contributed by atoms with Gasteiger partial charge in [-0.05, 0) is 48.1 Å². The van der Waals surface area contributed by atoms with Crippen LogP contribution in [-0.2, 0) is 6.42 Å². The second-order valence-electron chi connectivity index (χ2n) is 5.44. The molecule has 0 saturated carbocycles. The Balaban J connectivity index is 0.000000164. The summed E-state index contributed by atoms with van der Waals surface area (Å²) in [7, 11) is 0. The molecule has 0 saturated heterocycles. The molecule has 0 nitrogen and oxygen atoms in total. The maximum atomic E-state index is 2.20. The fraction of sp³-hybridized carbons (Fsp3) is 0.182. The van der Waals surface area contributed by atoms with E-state index < -0.39 is 0 Å². The summed E-state index contributed by atoms with van der Waals surface area (Å²) in [5.41, 5.74) is 6.88. The lowest BCUT2D eigenvalue weighted by Gasteiger charge is -2.04. The molecule has 0 heteroatoms. The lowest BCUT2D eigenvalue weighted by molar-refractivity contribution is 1.09. The van der Waals surface area contributed by atoms with Gasteiger partial charge in [-0.2, -0.15) is 0 Å². The van der Waals surface area contributed by atoms with E-state index in [1.165, 1.54) is 27.8 Å². The summed E-state index contributed by atoms with van der Waals surface area (Å²) in [6.45, 7) is 6.55. The number of rotatable bonds is 2. The van der Waals surface area contributed by atoms with Crippen LogP contribution < -0.4 is 0 Å². The number of hydrogen-bond donors (Lipinski definition) is 0. The van der Waals surface area contributed by atoms with Gasteiger partial charge in [0.05, 0.1) is 0 Å². The topological polar surface area (TPSA) is 0 Å². The molecule has 0 aliphatic heterocycles. The lowest BCUT2D eigenvalue weighted by atomic mass is 10.0. The summed E-state index contributed by atoms with van der Waals surface area (Å²) >= 11 is 0. The summed E-state index contributed by atoms with van der Waals surface area (Å²) < 4.78 is 0. The van der Waals surface area contributed by atoms with Crippen molar-refractivity contribution in [1.82, 2.24) is 0 Å². The van der Waals surface area contributed by atoms with Gasteiger partial charge >= 0.3 is 0 Å². The maximum Gasteiger partial charge on any atom is -0.0184 e. The van der Waals surface area contributed by atoms with E-state index in [9.17, 15) is 0 Å². The Hall–Kier alpha value is -2.34. The Bertz CT molecular complexity index is 644. The van der Waals surface area contributed by atoms with Crippen LogP contribution in [0.25, 0.3) is 11.1 Å². The molecule has 0 heterocycles. The molecular formula is C22H24. The predicted octanol–water partition coefficient (Wildman–Crippen LogP) is 6.22. The molecule has 3 aromatic carbocycles. The second kappa shape index (κ2) is 8.19. The first-order chi connectivity index (χ1) is 10.7. The van der Waals surface area contributed by atoms with Gasteiger partial charge in [-0.1, -0.05) is 85.8 Å². The normalized spacial score (nSPS) is 9.77. The van der Waals surface area contributed by atoms with Crippen LogP contribution in [0, 0.1) is 13.8 Å². The van der Waals surface area contributed by atoms with Gasteiger partial charge in [-0.25, -0.2) is 0 Å². The largest absolute Gasteiger partial charge is 0.0622 e. The third-order valence-electron chi connectivity index (χ3n) is 3.98. The molecule has 3 rings (SSSR count). The van der Waals surface area contributed by atoms with Crippen molar-refractivity contribution in [1.29, 1.82) is 0 Å². The monoisotopic (exact) mass is 288 g/mol. The SMILES string of the molecule is CCc1cccc(C)c1C.c1ccc(-c2ccccc2)cc1. The molecular weight excluding hydrogens is 264 g/mol. The number of benzene rings is 3. The predicted molar refractivity (Wildman–Crippen MR) is 97.2 cm³/mol. The van der Waals surface area contributed by atoms with Crippen molar-refractivity contribution in [3.8, 4) is 11.1 Å². The Kier molecular flexibility index (Phi) is 5.97. The Morgan fingerprint density at radius 1 is 0.591 bits per heavy atom. The Morgan fingerprint density at radius 2 is 1.09 bits per heavy atom. The summed E-state index contributed by atoms with van der Waals surface area (Å²) in [6.07, 6.45) is 1.15. The third-order valence-corrected chi connectivity index (χ3v) is 3.98. The van der Waals surface area contributed by atoms with Crippen LogP contribution in [0.3, 0.4) is 0 Å². The van der Waals surface area contributed by atoms with Gasteiger partial charge in [0.1, 0.15) is 0 Å². The number of hydrogen-bond acceptors (Lipinski definition) is 0. The summed E-state index contributed by atoms with van der Waals surface area (Å²) in [5.74, 6) is 0. The highest BCUT2D eigenvalue weighted by molar-refractivity contribution is 5.62. The van der Waals surface area contributed by atoms with Crippen molar-refractivity contribution >= 4 is 0 Å². The van der Waals surface area contributed by atoms with Crippen molar-refractivity contribution in [2.75, 3.05) is 0 Å². The lowest BCUT2D eigenvalue weighted by Crippen LogP contribution is -1.88. The van der Waals surface area contributed by atoms with Crippen LogP contribution in [0.2, 0.25) is 0 Å². The van der Waals surface area contributed by atoms with Gasteiger partial charge in [0.2, 0.25) is 0 Å². The molecule has 0 amide bonds. The minimum absolute atomic E-state index is 1.15. The highest BCUT2D eigenvalue weighted by atomic mass is 14.0. The Morgan fingerprint density at radius 3 is 1.50 bits per heavy atom. The molecule has 22 heavy (non-hydrogen) atoms. The molecule has 0 spiro atoms. The molecule has 0 N–H and O–H groups in total. The molecule has 0 unspecified atom stereocenters. The average molecular weight is 288 g/mol. The molecule has 112 valence electrons. The van der Waals surface area contributed by atoms with Crippen LogP contribution in [-0.4, -0.2) is 0 Å². The smallest absolute Gasteiger partial charge is 0.0184 e. The van der Waals surface area contributed by atoms with Crippen molar-refractivity contribution in [3.05, 3.63) is 95.6 Å². The van der Waals surface area contributed by atoms with E-state index in [0.717, 1.165) is 6.42 Å². The summed E-state index contributed by atoms with van der Waals surface area (Å²) in [5, 5.41) is 0. The summed E-state index contributed by atoms with van der Waals surface area (Å²) in [6, 6.07) is 27.3. The molecule has 0 aliphatic carbocycles. The maximum absolute atomic E-state index is 2.20. The molecule has 3 aromatic rings. The highest BCUT2D eigenvalue weighted by Crippen LogP contribution is 2.17. The zero-order valence-electron chi connectivity index (χ0n) is 13.7. The first-order valence-electron chi connectivity index (χ1n) is 7.88. The molecule has 0 radical (unpaired) electrons. The van der Waals surface area contributed by atoms with Crippen LogP contribution >= 0.6 is 0 Å². The van der Waals surface area contributed by atoms with E-state index in [-0.39, 0.29) is 0 Å². The minimum atomic E-state index is 1.15. The van der Waals surface area contributed by atoms with Crippen LogP contribution in [0.4, 0.5) is 0 Å². The highest BCUT2D eigenvalue weighted by Gasteiger charge is 1.95. The first-order valence-corrected chi connectivity index (χ1v) is 7.88. The summed E-state index contributed by atoms with van der Waals surface area (Å²) in [4.78, 5) is 0. The van der Waals surface area contributed by atoms with E-state index >= 15 is 0 Å². The average Bonchev–Trinajstić information content (AvgIpc) is 2.59. The molecule has 0 aromatic heterocycles. The fourth-order valence-electron chi connectivity index (χ4n) is 2.46. The first kappa shape index (κ1) is 16.0. The van der Waals surface area contributed by atoms with Crippen LogP contribution in [0.5, 0.6) is 0 Å². The second-order valence-corrected chi connectivity index (χ2v) is 5.44. The van der Waals surface area contributed by atoms with Gasteiger partial charge in [0.15, 0.2) is 0 Å². The van der Waals surface area contributed by atoms with Crippen molar-refractivity contribution in [3.63, 3.8) is 0 Å². The molecule has 0 atom stereocenters. The van der Waals surface area contributed by atoms with Gasteiger partial charge in [-0.3, -0.25) is 0 Å². The van der Waals surface area contributed by atoms with E-state index in [2.05, 4.69) is 87.5 Å². The van der Waals surface area contributed by atoms with Crippen molar-refractivity contribution < 1.29 is 0 Å². The van der Waals surface area contributed by atoms with Crippen molar-refractivity contribution in [2.45, 2.75) is 27.2 Å². The van der Waals surface area contributed by atoms with Gasteiger partial charge in [0.25, 0.3) is 0 Å². The molecule has 0 bridgehead atoms. The quantitative estimate of drug-likeness (QED) is 0.525. The Labute approximate surface area is 134 Å². The molecule has 0 fully saturated rings. The standard InChI is InChI=1S/C12H10.C10H14/c1-3-7-11(8-4-1)12-9-5-2-6-10-12;1-4-10-7-5-6-8(2)9(10)3/h1-10H;5-7H,4H2,1-3H3. The van der Waals surface area contributed by atoms with Gasteiger partial charge < -0.3 is 0 Å². The van der Waals surface area contributed by atoms with Gasteiger partial charge in [-0.15, -0.1) is 0 Å².